The molecular weight excluding hydrogens is 360 g/mol. The highest BCUT2D eigenvalue weighted by molar-refractivity contribution is 5.77. The first-order valence-corrected chi connectivity index (χ1v) is 10.8. The fourth-order valence-corrected chi connectivity index (χ4v) is 5.24. The van der Waals surface area contributed by atoms with Crippen molar-refractivity contribution in [2.75, 3.05) is 18.5 Å². The predicted octanol–water partition coefficient (Wildman–Crippen LogP) is 4.60. The molecule has 0 spiro atoms. The largest absolute Gasteiger partial charge is 0.381 e. The van der Waals surface area contributed by atoms with Crippen molar-refractivity contribution in [2.24, 2.45) is 0 Å². The van der Waals surface area contributed by atoms with Gasteiger partial charge in [0.05, 0.1) is 18.5 Å². The zero-order chi connectivity index (χ0) is 19.2. The van der Waals surface area contributed by atoms with Crippen LogP contribution in [0.25, 0.3) is 11.2 Å². The van der Waals surface area contributed by atoms with E-state index in [1.807, 2.05) is 16.8 Å². The summed E-state index contributed by atoms with van der Waals surface area (Å²) in [5.41, 5.74) is 8.21. The van der Waals surface area contributed by atoms with Crippen molar-refractivity contribution in [3.05, 3.63) is 65.0 Å². The summed E-state index contributed by atoms with van der Waals surface area (Å²) in [6.45, 7) is 1.64. The van der Waals surface area contributed by atoms with E-state index >= 15 is 0 Å². The molecule has 5 heteroatoms. The van der Waals surface area contributed by atoms with Gasteiger partial charge in [0, 0.05) is 30.7 Å². The lowest BCUT2D eigenvalue weighted by molar-refractivity contribution is 0.0793. The standard InChI is InChI=1S/C24H26N4O/c1-2-6-20-16(4-1)12-17-7-8-19(13-21(17)20)26-24-14-22(18-5-3-11-29-15-18)27-23-9-10-25-28(23)24/h1-2,4,6,9-10,14,18-19,26H,3,5,7-8,11-13,15H2. The maximum absolute atomic E-state index is 5.71. The highest BCUT2D eigenvalue weighted by atomic mass is 16.5. The number of nitrogens with zero attached hydrogens (tertiary/aromatic N) is 3. The molecule has 1 aromatic carbocycles. The Balaban J connectivity index is 1.29. The van der Waals surface area contributed by atoms with Gasteiger partial charge >= 0.3 is 0 Å². The second-order valence-electron chi connectivity index (χ2n) is 8.58. The molecule has 5 nitrogen and oxygen atoms in total. The van der Waals surface area contributed by atoms with Crippen LogP contribution >= 0.6 is 0 Å². The van der Waals surface area contributed by atoms with Crippen molar-refractivity contribution in [3.63, 3.8) is 0 Å². The summed E-state index contributed by atoms with van der Waals surface area (Å²) in [5, 5.41) is 8.34. The topological polar surface area (TPSA) is 51.5 Å². The summed E-state index contributed by atoms with van der Waals surface area (Å²) in [4.78, 5) is 4.87. The second-order valence-corrected chi connectivity index (χ2v) is 8.58. The van der Waals surface area contributed by atoms with E-state index in [9.17, 15) is 0 Å². The van der Waals surface area contributed by atoms with Gasteiger partial charge in [0.2, 0.25) is 0 Å². The molecule has 6 rings (SSSR count). The average Bonchev–Trinajstić information content (AvgIpc) is 3.39. The molecule has 3 aliphatic rings. The SMILES string of the molecule is c1ccc2c(c1)CC1=C2CC(Nc2cc(C3CCCOC3)nc3ccnn23)CC1. The van der Waals surface area contributed by atoms with Crippen LogP contribution in [0.2, 0.25) is 0 Å². The van der Waals surface area contributed by atoms with E-state index < -0.39 is 0 Å². The van der Waals surface area contributed by atoms with Crippen molar-refractivity contribution in [1.29, 1.82) is 0 Å². The van der Waals surface area contributed by atoms with E-state index in [2.05, 4.69) is 40.7 Å². The Morgan fingerprint density at radius 2 is 2.10 bits per heavy atom. The Hall–Kier alpha value is -2.66. The first-order valence-electron chi connectivity index (χ1n) is 10.8. The van der Waals surface area contributed by atoms with E-state index in [0.717, 1.165) is 56.1 Å². The highest BCUT2D eigenvalue weighted by Gasteiger charge is 2.28. The van der Waals surface area contributed by atoms with Crippen LogP contribution in [0, 0.1) is 0 Å². The molecule has 3 aromatic rings. The van der Waals surface area contributed by atoms with E-state index in [-0.39, 0.29) is 0 Å². The zero-order valence-electron chi connectivity index (χ0n) is 16.6. The molecule has 2 atom stereocenters. The second kappa shape index (κ2) is 6.99. The Morgan fingerprint density at radius 3 is 3.03 bits per heavy atom. The molecule has 1 fully saturated rings. The molecule has 1 saturated heterocycles. The number of fused-ring (bicyclic) bond motifs is 3. The van der Waals surface area contributed by atoms with Crippen LogP contribution in [0.1, 0.15) is 54.8 Å². The normalized spacial score (nSPS) is 23.9. The minimum absolute atomic E-state index is 0.381. The smallest absolute Gasteiger partial charge is 0.157 e. The van der Waals surface area contributed by atoms with Gasteiger partial charge < -0.3 is 10.1 Å². The van der Waals surface area contributed by atoms with Crippen molar-refractivity contribution in [2.45, 2.75) is 50.5 Å². The molecule has 0 saturated carbocycles. The van der Waals surface area contributed by atoms with Gasteiger partial charge in [-0.05, 0) is 55.2 Å². The Labute approximate surface area is 170 Å². The number of benzene rings is 1. The first-order chi connectivity index (χ1) is 14.3. The van der Waals surface area contributed by atoms with E-state index in [4.69, 9.17) is 9.72 Å². The maximum atomic E-state index is 5.71. The molecular formula is C24H26N4O. The van der Waals surface area contributed by atoms with Gasteiger partial charge in [0.25, 0.3) is 0 Å². The van der Waals surface area contributed by atoms with E-state index in [0.29, 0.717) is 12.0 Å². The third-order valence-electron chi connectivity index (χ3n) is 6.73. The lowest BCUT2D eigenvalue weighted by atomic mass is 9.88. The minimum Gasteiger partial charge on any atom is -0.381 e. The van der Waals surface area contributed by atoms with Gasteiger partial charge in [0.15, 0.2) is 5.65 Å². The molecule has 2 aromatic heterocycles. The molecule has 2 aliphatic carbocycles. The Kier molecular flexibility index (Phi) is 4.15. The third kappa shape index (κ3) is 3.04. The molecule has 0 radical (unpaired) electrons. The number of anilines is 1. The van der Waals surface area contributed by atoms with Crippen molar-refractivity contribution >= 4 is 17.0 Å². The molecule has 148 valence electrons. The molecule has 3 heterocycles. The molecule has 0 amide bonds. The van der Waals surface area contributed by atoms with Crippen LogP contribution in [-0.2, 0) is 11.2 Å². The number of aromatic nitrogens is 3. The van der Waals surface area contributed by atoms with Crippen LogP contribution in [0.15, 0.2) is 48.2 Å². The van der Waals surface area contributed by atoms with Crippen LogP contribution < -0.4 is 5.32 Å². The summed E-state index contributed by atoms with van der Waals surface area (Å²) < 4.78 is 7.66. The maximum Gasteiger partial charge on any atom is 0.157 e. The number of ether oxygens (including phenoxy) is 1. The van der Waals surface area contributed by atoms with Crippen LogP contribution in [0.3, 0.4) is 0 Å². The van der Waals surface area contributed by atoms with Gasteiger partial charge in [-0.25, -0.2) is 4.98 Å². The summed E-state index contributed by atoms with van der Waals surface area (Å²) in [5.74, 6) is 1.44. The van der Waals surface area contributed by atoms with Gasteiger partial charge in [-0.3, -0.25) is 0 Å². The summed E-state index contributed by atoms with van der Waals surface area (Å²) in [6, 6.07) is 13.5. The highest BCUT2D eigenvalue weighted by Crippen LogP contribution is 2.42. The van der Waals surface area contributed by atoms with Gasteiger partial charge in [-0.1, -0.05) is 29.8 Å². The monoisotopic (exact) mass is 386 g/mol. The third-order valence-corrected chi connectivity index (χ3v) is 6.73. The number of allylic oxidation sites excluding steroid dienone is 1. The molecule has 1 aliphatic heterocycles. The van der Waals surface area contributed by atoms with E-state index in [1.165, 1.54) is 24.0 Å². The first kappa shape index (κ1) is 17.2. The number of rotatable bonds is 3. The minimum atomic E-state index is 0.381. The van der Waals surface area contributed by atoms with Crippen LogP contribution in [0.4, 0.5) is 5.82 Å². The fourth-order valence-electron chi connectivity index (χ4n) is 5.24. The lowest BCUT2D eigenvalue weighted by Crippen LogP contribution is -2.25. The van der Waals surface area contributed by atoms with E-state index in [1.54, 1.807) is 11.1 Å². The number of hydrogen-bond donors (Lipinski definition) is 1. The van der Waals surface area contributed by atoms with Crippen LogP contribution in [-0.4, -0.2) is 33.9 Å². The predicted molar refractivity (Wildman–Crippen MR) is 114 cm³/mol. The number of nitrogens with one attached hydrogen (secondary N) is 1. The van der Waals surface area contributed by atoms with Crippen LogP contribution in [0.5, 0.6) is 0 Å². The molecule has 0 bridgehead atoms. The quantitative estimate of drug-likeness (QED) is 0.715. The molecule has 29 heavy (non-hydrogen) atoms. The average molecular weight is 386 g/mol. The fraction of sp³-hybridized carbons (Fsp3) is 0.417. The lowest BCUT2D eigenvalue weighted by Gasteiger charge is -2.27. The molecule has 1 N–H and O–H groups in total. The van der Waals surface area contributed by atoms with Crippen molar-refractivity contribution in [1.82, 2.24) is 14.6 Å². The summed E-state index contributed by atoms with van der Waals surface area (Å²) in [6.07, 6.45) is 8.66. The Morgan fingerprint density at radius 1 is 1.14 bits per heavy atom. The summed E-state index contributed by atoms with van der Waals surface area (Å²) in [7, 11) is 0. The van der Waals surface area contributed by atoms with Gasteiger partial charge in [-0.15, -0.1) is 0 Å². The summed E-state index contributed by atoms with van der Waals surface area (Å²) >= 11 is 0. The van der Waals surface area contributed by atoms with Gasteiger partial charge in [0.1, 0.15) is 5.82 Å². The van der Waals surface area contributed by atoms with Gasteiger partial charge in [-0.2, -0.15) is 9.61 Å². The Bertz CT molecular complexity index is 1090. The number of hydrogen-bond acceptors (Lipinski definition) is 4. The van der Waals surface area contributed by atoms with Crippen molar-refractivity contribution < 1.29 is 4.74 Å². The zero-order valence-corrected chi connectivity index (χ0v) is 16.6. The van der Waals surface area contributed by atoms with Crippen molar-refractivity contribution in [3.8, 4) is 0 Å². The molecule has 2 unspecified atom stereocenters.